The van der Waals surface area contributed by atoms with Gasteiger partial charge in [0.05, 0.1) is 12.1 Å². The molecule has 0 atom stereocenters. The monoisotopic (exact) mass is 629 g/mol. The van der Waals surface area contributed by atoms with Crippen LogP contribution in [0.4, 0.5) is 23.2 Å². The van der Waals surface area contributed by atoms with Gasteiger partial charge in [0, 0.05) is 73.4 Å². The van der Waals surface area contributed by atoms with Crippen LogP contribution in [0.2, 0.25) is 0 Å². The largest absolute Gasteiger partial charge is 0.384 e. The van der Waals surface area contributed by atoms with Gasteiger partial charge in [-0.05, 0) is 73.3 Å². The summed E-state index contributed by atoms with van der Waals surface area (Å²) in [5, 5.41) is 10.9. The van der Waals surface area contributed by atoms with E-state index in [-0.39, 0.29) is 24.3 Å². The number of nitrogens with zero attached hydrogens (tertiary/aromatic N) is 6. The second-order valence-corrected chi connectivity index (χ2v) is 12.0. The minimum absolute atomic E-state index is 0.134. The summed E-state index contributed by atoms with van der Waals surface area (Å²) in [5.41, 5.74) is 5.53. The lowest BCUT2D eigenvalue weighted by molar-refractivity contribution is 0.0115. The predicted molar refractivity (Wildman–Crippen MR) is 169 cm³/mol. The topological polar surface area (TPSA) is 102 Å². The maximum absolute atomic E-state index is 15.4. The van der Waals surface area contributed by atoms with Crippen molar-refractivity contribution >= 4 is 27.8 Å². The number of imidazole rings is 1. The van der Waals surface area contributed by atoms with E-state index in [9.17, 15) is 13.2 Å². The van der Waals surface area contributed by atoms with E-state index >= 15 is 4.39 Å². The van der Waals surface area contributed by atoms with Gasteiger partial charge in [0.2, 0.25) is 0 Å². The number of H-pyrrole nitrogens is 2. The molecule has 7 rings (SSSR count). The van der Waals surface area contributed by atoms with Crippen molar-refractivity contribution in [3.63, 3.8) is 0 Å². The molecule has 1 aliphatic heterocycles. The SMILES string of the molecule is CN(C)CCNc1cc(F)cc(-c2ccnc3nc(-c4[nH]nc5c(F)cc(-c6cncc(CN7CCC(F)(F)C7)c6)cc45)[nH]c23)c1. The van der Waals surface area contributed by atoms with Gasteiger partial charge in [-0.1, -0.05) is 0 Å². The molecule has 0 spiro atoms. The minimum Gasteiger partial charge on any atom is -0.384 e. The van der Waals surface area contributed by atoms with E-state index in [0.29, 0.717) is 75.6 Å². The first-order valence-corrected chi connectivity index (χ1v) is 14.9. The smallest absolute Gasteiger partial charge is 0.261 e. The number of alkyl halides is 2. The summed E-state index contributed by atoms with van der Waals surface area (Å²) < 4.78 is 57.5. The lowest BCUT2D eigenvalue weighted by Gasteiger charge is -2.15. The van der Waals surface area contributed by atoms with Gasteiger partial charge in [-0.3, -0.25) is 15.0 Å². The molecule has 2 aromatic carbocycles. The molecule has 0 amide bonds. The van der Waals surface area contributed by atoms with Gasteiger partial charge >= 0.3 is 0 Å². The van der Waals surface area contributed by atoms with Crippen molar-refractivity contribution in [1.82, 2.24) is 39.9 Å². The van der Waals surface area contributed by atoms with Crippen molar-refractivity contribution in [3.05, 3.63) is 78.3 Å². The summed E-state index contributed by atoms with van der Waals surface area (Å²) in [4.78, 5) is 20.4. The number of aromatic nitrogens is 6. The van der Waals surface area contributed by atoms with E-state index < -0.39 is 11.7 Å². The van der Waals surface area contributed by atoms with Crippen LogP contribution in [-0.2, 0) is 6.54 Å². The number of halogens is 4. The molecule has 0 bridgehead atoms. The molecule has 236 valence electrons. The summed E-state index contributed by atoms with van der Waals surface area (Å²) in [5.74, 6) is -3.22. The second kappa shape index (κ2) is 11.8. The Labute approximate surface area is 261 Å². The lowest BCUT2D eigenvalue weighted by atomic mass is 10.0. The maximum Gasteiger partial charge on any atom is 0.261 e. The molecule has 4 aromatic heterocycles. The standard InChI is InChI=1S/C33H31F4N9/c1-45(2)8-6-39-24-11-21(10-23(34)14-24)25-3-5-40-31-29(25)41-32(42-31)30-26-12-20(13-27(35)28(26)43-44-30)22-9-19(15-38-16-22)17-46-7-4-33(36,37)18-46/h3,5,9-16,39H,4,6-8,17-18H2,1-2H3,(H,43,44)(H,40,41,42). The Morgan fingerprint density at radius 2 is 1.89 bits per heavy atom. The van der Waals surface area contributed by atoms with Crippen LogP contribution in [0.5, 0.6) is 0 Å². The van der Waals surface area contributed by atoms with Crippen LogP contribution in [0, 0.1) is 11.6 Å². The van der Waals surface area contributed by atoms with Crippen LogP contribution in [0.1, 0.15) is 12.0 Å². The van der Waals surface area contributed by atoms with Crippen molar-refractivity contribution in [2.24, 2.45) is 0 Å². The van der Waals surface area contributed by atoms with Crippen LogP contribution in [-0.4, -0.2) is 86.1 Å². The number of benzene rings is 2. The quantitative estimate of drug-likeness (QED) is 0.161. The van der Waals surface area contributed by atoms with Crippen LogP contribution in [0.15, 0.2) is 61.1 Å². The molecule has 1 fully saturated rings. The fourth-order valence-electron chi connectivity index (χ4n) is 5.90. The molecular weight excluding hydrogens is 598 g/mol. The van der Waals surface area contributed by atoms with Crippen molar-refractivity contribution in [1.29, 1.82) is 0 Å². The zero-order valence-corrected chi connectivity index (χ0v) is 25.2. The molecule has 5 heterocycles. The van der Waals surface area contributed by atoms with Crippen molar-refractivity contribution in [3.8, 4) is 33.8 Å². The Kier molecular flexibility index (Phi) is 7.65. The minimum atomic E-state index is -2.69. The number of likely N-dealkylation sites (tertiary alicyclic amines) is 1. The van der Waals surface area contributed by atoms with Crippen LogP contribution in [0.25, 0.3) is 55.8 Å². The average molecular weight is 630 g/mol. The summed E-state index contributed by atoms with van der Waals surface area (Å²) in [6.45, 7) is 1.78. The van der Waals surface area contributed by atoms with Crippen LogP contribution < -0.4 is 5.32 Å². The van der Waals surface area contributed by atoms with E-state index in [1.165, 1.54) is 18.2 Å². The van der Waals surface area contributed by atoms with Crippen LogP contribution >= 0.6 is 0 Å². The number of nitrogens with one attached hydrogen (secondary N) is 3. The van der Waals surface area contributed by atoms with E-state index in [2.05, 4.69) is 35.5 Å². The molecule has 9 nitrogen and oxygen atoms in total. The van der Waals surface area contributed by atoms with Crippen molar-refractivity contribution < 1.29 is 17.6 Å². The van der Waals surface area contributed by atoms with Gasteiger partial charge in [0.25, 0.3) is 5.92 Å². The summed E-state index contributed by atoms with van der Waals surface area (Å²) in [6.07, 6.45) is 4.70. The molecule has 46 heavy (non-hydrogen) atoms. The van der Waals surface area contributed by atoms with Gasteiger partial charge < -0.3 is 15.2 Å². The Balaban J connectivity index is 1.23. The maximum atomic E-state index is 15.4. The number of anilines is 1. The second-order valence-electron chi connectivity index (χ2n) is 12.0. The Morgan fingerprint density at radius 1 is 1.02 bits per heavy atom. The third-order valence-corrected chi connectivity index (χ3v) is 8.12. The number of likely N-dealkylation sites (N-methyl/N-ethyl adjacent to an activating group) is 1. The molecular formula is C33H31F4N9. The van der Waals surface area contributed by atoms with Crippen molar-refractivity contribution in [2.45, 2.75) is 18.9 Å². The van der Waals surface area contributed by atoms with Crippen LogP contribution in [0.3, 0.4) is 0 Å². The van der Waals surface area contributed by atoms with E-state index in [1.54, 1.807) is 35.6 Å². The first kappa shape index (κ1) is 29.8. The number of aromatic amines is 2. The lowest BCUT2D eigenvalue weighted by Crippen LogP contribution is -2.24. The molecule has 1 aliphatic rings. The number of pyridine rings is 2. The van der Waals surface area contributed by atoms with E-state index in [0.717, 1.165) is 12.1 Å². The molecule has 1 saturated heterocycles. The van der Waals surface area contributed by atoms with Gasteiger partial charge in [-0.2, -0.15) is 5.10 Å². The predicted octanol–water partition coefficient (Wildman–Crippen LogP) is 6.32. The molecule has 0 radical (unpaired) electrons. The Bertz CT molecular complexity index is 2050. The van der Waals surface area contributed by atoms with Gasteiger partial charge in [-0.15, -0.1) is 0 Å². The third-order valence-electron chi connectivity index (χ3n) is 8.12. The molecule has 0 unspecified atom stereocenters. The summed E-state index contributed by atoms with van der Waals surface area (Å²) in [7, 11) is 3.94. The zero-order valence-electron chi connectivity index (χ0n) is 25.2. The number of hydrogen-bond donors (Lipinski definition) is 3. The average Bonchev–Trinajstić information content (AvgIpc) is 3.73. The molecule has 13 heteroatoms. The molecule has 0 aliphatic carbocycles. The highest BCUT2D eigenvalue weighted by molar-refractivity contribution is 5.98. The number of fused-ring (bicyclic) bond motifs is 2. The first-order chi connectivity index (χ1) is 22.1. The number of rotatable bonds is 9. The Hall–Kier alpha value is -4.88. The van der Waals surface area contributed by atoms with Gasteiger partial charge in [0.1, 0.15) is 17.0 Å². The van der Waals surface area contributed by atoms with Crippen molar-refractivity contribution in [2.75, 3.05) is 45.6 Å². The van der Waals surface area contributed by atoms with Gasteiger partial charge in [-0.25, -0.2) is 27.5 Å². The molecule has 6 aromatic rings. The third kappa shape index (κ3) is 6.03. The van der Waals surface area contributed by atoms with Gasteiger partial charge in [0.15, 0.2) is 17.3 Å². The Morgan fingerprint density at radius 3 is 2.70 bits per heavy atom. The highest BCUT2D eigenvalue weighted by atomic mass is 19.3. The van der Waals surface area contributed by atoms with E-state index in [1.807, 2.05) is 31.1 Å². The fraction of sp³-hybridized carbons (Fsp3) is 0.273. The normalized spacial score (nSPS) is 15.0. The summed E-state index contributed by atoms with van der Waals surface area (Å²) >= 11 is 0. The molecule has 0 saturated carbocycles. The highest BCUT2D eigenvalue weighted by Gasteiger charge is 2.38. The van der Waals surface area contributed by atoms with E-state index in [4.69, 9.17) is 0 Å². The molecule has 3 N–H and O–H groups in total. The zero-order chi connectivity index (χ0) is 32.0. The number of hydrogen-bond acceptors (Lipinski definition) is 7. The highest BCUT2D eigenvalue weighted by Crippen LogP contribution is 2.35. The summed E-state index contributed by atoms with van der Waals surface area (Å²) in [6, 6.07) is 11.6. The fourth-order valence-corrected chi connectivity index (χ4v) is 5.90. The first-order valence-electron chi connectivity index (χ1n) is 14.9.